The number of carbonyl (C=O) groups excluding carboxylic acids is 1. The molecular weight excluding hydrogens is 228 g/mol. The van der Waals surface area contributed by atoms with Crippen molar-refractivity contribution in [1.29, 1.82) is 0 Å². The van der Waals surface area contributed by atoms with Gasteiger partial charge in [0, 0.05) is 5.12 Å². The van der Waals surface area contributed by atoms with Crippen molar-refractivity contribution < 1.29 is 4.79 Å². The van der Waals surface area contributed by atoms with Crippen molar-refractivity contribution in [2.45, 2.75) is 51.9 Å². The van der Waals surface area contributed by atoms with E-state index >= 15 is 0 Å². The normalized spacial score (nSPS) is 10.4. The average molecular weight is 249 g/mol. The lowest BCUT2D eigenvalue weighted by Gasteiger charge is -2.10. The molecule has 1 nitrogen and oxygen atoms in total. The van der Waals surface area contributed by atoms with Gasteiger partial charge in [-0.15, -0.1) is 0 Å². The summed E-state index contributed by atoms with van der Waals surface area (Å²) in [5.41, 5.74) is 1.83. The van der Waals surface area contributed by atoms with Gasteiger partial charge in [-0.3, -0.25) is 0 Å². The minimum Gasteiger partial charge on any atom is -0.737 e. The first kappa shape index (κ1) is 14.2. The van der Waals surface area contributed by atoms with Crippen molar-refractivity contribution in [3.8, 4) is 0 Å². The predicted molar refractivity (Wildman–Crippen MR) is 75.2 cm³/mol. The Labute approximate surface area is 110 Å². The van der Waals surface area contributed by atoms with E-state index in [9.17, 15) is 4.79 Å². The van der Waals surface area contributed by atoms with Gasteiger partial charge < -0.3 is 17.4 Å². The summed E-state index contributed by atoms with van der Waals surface area (Å²) in [7, 11) is 0. The van der Waals surface area contributed by atoms with E-state index < -0.39 is 0 Å². The van der Waals surface area contributed by atoms with Crippen molar-refractivity contribution in [3.63, 3.8) is 0 Å². The van der Waals surface area contributed by atoms with Crippen LogP contribution in [0.3, 0.4) is 0 Å². The van der Waals surface area contributed by atoms with E-state index in [2.05, 4.69) is 6.92 Å². The van der Waals surface area contributed by atoms with Crippen LogP contribution in [0.1, 0.15) is 61.4 Å². The van der Waals surface area contributed by atoms with Crippen LogP contribution in [0.25, 0.3) is 0 Å². The van der Waals surface area contributed by atoms with Crippen LogP contribution in [0.15, 0.2) is 24.3 Å². The van der Waals surface area contributed by atoms with Crippen molar-refractivity contribution in [2.75, 3.05) is 0 Å². The SMILES string of the molecule is CCCCCCCCc1ccccc1C(=O)[S-]. The fraction of sp³-hybridized carbons (Fsp3) is 0.533. The van der Waals surface area contributed by atoms with Gasteiger partial charge in [0.1, 0.15) is 0 Å². The predicted octanol–water partition coefficient (Wildman–Crippen LogP) is 4.28. The highest BCUT2D eigenvalue weighted by Crippen LogP contribution is 2.14. The van der Waals surface area contributed by atoms with Crippen LogP contribution >= 0.6 is 0 Å². The Morgan fingerprint density at radius 2 is 1.71 bits per heavy atom. The third-order valence-corrected chi connectivity index (χ3v) is 3.26. The van der Waals surface area contributed by atoms with Gasteiger partial charge in [-0.2, -0.15) is 0 Å². The average Bonchev–Trinajstić information content (AvgIpc) is 2.34. The molecule has 17 heavy (non-hydrogen) atoms. The fourth-order valence-corrected chi connectivity index (χ4v) is 2.23. The molecule has 0 radical (unpaired) electrons. The first-order chi connectivity index (χ1) is 8.25. The zero-order valence-electron chi connectivity index (χ0n) is 10.6. The van der Waals surface area contributed by atoms with Crippen LogP contribution in [0.4, 0.5) is 0 Å². The first-order valence-electron chi connectivity index (χ1n) is 6.55. The van der Waals surface area contributed by atoms with Crippen molar-refractivity contribution in [3.05, 3.63) is 35.4 Å². The smallest absolute Gasteiger partial charge is 0.0425 e. The Kier molecular flexibility index (Phi) is 6.87. The van der Waals surface area contributed by atoms with Gasteiger partial charge >= 0.3 is 0 Å². The topological polar surface area (TPSA) is 17.1 Å². The minimum absolute atomic E-state index is 0.230. The van der Waals surface area contributed by atoms with E-state index in [1.165, 1.54) is 32.1 Å². The zero-order valence-corrected chi connectivity index (χ0v) is 11.4. The molecule has 94 valence electrons. The molecular formula is C15H21OS-. The largest absolute Gasteiger partial charge is 0.737 e. The zero-order chi connectivity index (χ0) is 12.5. The Morgan fingerprint density at radius 3 is 2.41 bits per heavy atom. The van der Waals surface area contributed by atoms with E-state index in [1.54, 1.807) is 0 Å². The molecule has 0 saturated carbocycles. The molecule has 1 aromatic carbocycles. The van der Waals surface area contributed by atoms with Crippen LogP contribution in [-0.4, -0.2) is 5.12 Å². The number of rotatable bonds is 8. The maximum Gasteiger partial charge on any atom is 0.0425 e. The molecule has 0 aromatic heterocycles. The van der Waals surface area contributed by atoms with Gasteiger partial charge in [-0.1, -0.05) is 63.3 Å². The lowest BCUT2D eigenvalue weighted by Crippen LogP contribution is -2.00. The van der Waals surface area contributed by atoms with Crippen molar-refractivity contribution in [2.24, 2.45) is 0 Å². The van der Waals surface area contributed by atoms with Gasteiger partial charge in [0.15, 0.2) is 0 Å². The molecule has 0 N–H and O–H groups in total. The van der Waals surface area contributed by atoms with E-state index in [1.807, 2.05) is 24.3 Å². The highest BCUT2D eigenvalue weighted by Gasteiger charge is 2.01. The highest BCUT2D eigenvalue weighted by atomic mass is 32.1. The molecule has 0 saturated heterocycles. The summed E-state index contributed by atoms with van der Waals surface area (Å²) in [6.07, 6.45) is 8.64. The third kappa shape index (κ3) is 5.31. The van der Waals surface area contributed by atoms with Crippen LogP contribution in [0, 0.1) is 0 Å². The molecule has 0 spiro atoms. The Balaban J connectivity index is 2.34. The number of benzene rings is 1. The van der Waals surface area contributed by atoms with Crippen molar-refractivity contribution in [1.82, 2.24) is 0 Å². The summed E-state index contributed by atoms with van der Waals surface area (Å²) in [4.78, 5) is 11.3. The number of hydrogen-bond donors (Lipinski definition) is 0. The second kappa shape index (κ2) is 8.24. The van der Waals surface area contributed by atoms with Crippen LogP contribution in [0.5, 0.6) is 0 Å². The molecule has 2 heteroatoms. The summed E-state index contributed by atoms with van der Waals surface area (Å²) in [6, 6.07) is 7.71. The van der Waals surface area contributed by atoms with E-state index in [0.717, 1.165) is 24.0 Å². The molecule has 0 heterocycles. The molecule has 1 aromatic rings. The second-order valence-electron chi connectivity index (χ2n) is 4.46. The van der Waals surface area contributed by atoms with E-state index in [0.29, 0.717) is 0 Å². The summed E-state index contributed by atoms with van der Waals surface area (Å²) < 4.78 is 0. The number of aryl methyl sites for hydroxylation is 1. The van der Waals surface area contributed by atoms with Crippen molar-refractivity contribution >= 4 is 17.7 Å². The Bertz CT molecular complexity index is 347. The minimum atomic E-state index is -0.230. The molecule has 0 aliphatic carbocycles. The Morgan fingerprint density at radius 1 is 1.06 bits per heavy atom. The number of carbonyl (C=O) groups is 1. The standard InChI is InChI=1S/C15H22OS/c1-2-3-4-5-6-7-10-13-11-8-9-12-14(13)15(16)17/h8-9,11-12H,2-7,10H2,1H3,(H,16,17)/p-1. The van der Waals surface area contributed by atoms with E-state index in [4.69, 9.17) is 12.6 Å². The maximum atomic E-state index is 11.3. The van der Waals surface area contributed by atoms with Crippen LogP contribution < -0.4 is 0 Å². The van der Waals surface area contributed by atoms with Crippen LogP contribution in [0.2, 0.25) is 0 Å². The van der Waals surface area contributed by atoms with Gasteiger partial charge in [-0.25, -0.2) is 0 Å². The van der Waals surface area contributed by atoms with Gasteiger partial charge in [0.05, 0.1) is 0 Å². The quantitative estimate of drug-likeness (QED) is 0.505. The molecule has 0 aliphatic rings. The molecule has 0 unspecified atom stereocenters. The molecule has 0 fully saturated rings. The first-order valence-corrected chi connectivity index (χ1v) is 6.95. The lowest BCUT2D eigenvalue weighted by molar-refractivity contribution is 0.108. The molecule has 1 rings (SSSR count). The summed E-state index contributed by atoms with van der Waals surface area (Å²) in [6.45, 7) is 2.23. The Hall–Kier alpha value is -0.890. The third-order valence-electron chi connectivity index (χ3n) is 3.04. The molecule has 0 bridgehead atoms. The molecule has 0 aliphatic heterocycles. The van der Waals surface area contributed by atoms with Gasteiger partial charge in [-0.05, 0) is 24.0 Å². The molecule has 0 amide bonds. The summed E-state index contributed by atoms with van der Waals surface area (Å²) in [5, 5.41) is -0.230. The number of unbranched alkanes of at least 4 members (excludes halogenated alkanes) is 5. The maximum absolute atomic E-state index is 11.3. The highest BCUT2D eigenvalue weighted by molar-refractivity contribution is 7.77. The van der Waals surface area contributed by atoms with Gasteiger partial charge in [0.2, 0.25) is 0 Å². The fourth-order valence-electron chi connectivity index (χ4n) is 2.03. The van der Waals surface area contributed by atoms with Gasteiger partial charge in [0.25, 0.3) is 0 Å². The number of hydrogen-bond acceptors (Lipinski definition) is 2. The summed E-state index contributed by atoms with van der Waals surface area (Å²) >= 11 is 4.73. The monoisotopic (exact) mass is 249 g/mol. The second-order valence-corrected chi connectivity index (χ2v) is 4.83. The molecule has 0 atom stereocenters. The summed E-state index contributed by atoms with van der Waals surface area (Å²) in [5.74, 6) is 0. The lowest BCUT2D eigenvalue weighted by atomic mass is 10.0. The van der Waals surface area contributed by atoms with E-state index in [-0.39, 0.29) is 5.12 Å². The van der Waals surface area contributed by atoms with Crippen LogP contribution in [-0.2, 0) is 19.0 Å².